The van der Waals surface area contributed by atoms with Gasteiger partial charge < -0.3 is 20.4 Å². The number of amides is 2. The number of nitrogens with zero attached hydrogens (tertiary/aromatic N) is 1. The van der Waals surface area contributed by atoms with Gasteiger partial charge in [0.1, 0.15) is 12.3 Å². The largest absolute Gasteiger partial charge is 0.493 e. The summed E-state index contributed by atoms with van der Waals surface area (Å²) < 4.78 is 7.55. The van der Waals surface area contributed by atoms with Crippen LogP contribution in [0.1, 0.15) is 23.2 Å². The summed E-state index contributed by atoms with van der Waals surface area (Å²) in [6.45, 7) is 0.829. The van der Waals surface area contributed by atoms with E-state index in [1.54, 1.807) is 10.8 Å². The van der Waals surface area contributed by atoms with Crippen LogP contribution in [0.5, 0.6) is 5.75 Å². The second-order valence-corrected chi connectivity index (χ2v) is 7.28. The van der Waals surface area contributed by atoms with Gasteiger partial charge in [-0.05, 0) is 37.0 Å². The third kappa shape index (κ3) is 3.86. The van der Waals surface area contributed by atoms with Gasteiger partial charge in [-0.15, -0.1) is 0 Å². The number of carbonyl (C=O) groups excluding carboxylic acids is 2. The summed E-state index contributed by atoms with van der Waals surface area (Å²) in [5.74, 6) is 0.777. The van der Waals surface area contributed by atoms with Crippen LogP contribution in [0.2, 0.25) is 0 Å². The number of fused-ring (bicyclic) bond motifs is 1. The van der Waals surface area contributed by atoms with Crippen LogP contribution in [0.3, 0.4) is 0 Å². The minimum Gasteiger partial charge on any atom is -0.493 e. The van der Waals surface area contributed by atoms with E-state index in [9.17, 15) is 9.59 Å². The fourth-order valence-corrected chi connectivity index (χ4v) is 3.72. The molecule has 144 valence electrons. The molecule has 4 rings (SSSR count). The molecule has 0 atom stereocenters. The number of ether oxygens (including phenoxy) is 1. The third-order valence-corrected chi connectivity index (χ3v) is 5.20. The lowest BCUT2D eigenvalue weighted by atomic mass is 9.81. The fraction of sp³-hybridized carbons (Fsp3) is 0.273. The Bertz CT molecular complexity index is 991. The Labute approximate surface area is 163 Å². The van der Waals surface area contributed by atoms with Gasteiger partial charge in [0.05, 0.1) is 12.2 Å². The summed E-state index contributed by atoms with van der Waals surface area (Å²) in [5.41, 5.74) is 6.72. The topological polar surface area (TPSA) is 86.4 Å². The van der Waals surface area contributed by atoms with Crippen LogP contribution in [0.15, 0.2) is 60.8 Å². The van der Waals surface area contributed by atoms with Gasteiger partial charge in [-0.1, -0.05) is 36.4 Å². The maximum absolute atomic E-state index is 12.4. The highest BCUT2D eigenvalue weighted by Gasteiger charge is 2.30. The van der Waals surface area contributed by atoms with Crippen molar-refractivity contribution in [3.63, 3.8) is 0 Å². The number of primary amides is 1. The number of rotatable bonds is 7. The van der Waals surface area contributed by atoms with Crippen molar-refractivity contribution in [3.8, 4) is 5.75 Å². The predicted octanol–water partition coefficient (Wildman–Crippen LogP) is 2.71. The van der Waals surface area contributed by atoms with Crippen LogP contribution < -0.4 is 15.8 Å². The molecule has 2 aromatic carbocycles. The van der Waals surface area contributed by atoms with Crippen molar-refractivity contribution in [1.82, 2.24) is 9.88 Å². The Kier molecular flexibility index (Phi) is 5.02. The Hall–Kier alpha value is -3.28. The molecule has 1 fully saturated rings. The Balaban J connectivity index is 1.29. The lowest BCUT2D eigenvalue weighted by Crippen LogP contribution is -2.46. The highest BCUT2D eigenvalue weighted by atomic mass is 16.5. The molecule has 1 heterocycles. The monoisotopic (exact) mass is 377 g/mol. The van der Waals surface area contributed by atoms with Crippen molar-refractivity contribution in [2.45, 2.75) is 25.4 Å². The average Bonchev–Trinajstić information content (AvgIpc) is 3.03. The van der Waals surface area contributed by atoms with E-state index in [0.717, 1.165) is 29.5 Å². The van der Waals surface area contributed by atoms with Crippen LogP contribution in [-0.4, -0.2) is 29.0 Å². The molecular weight excluding hydrogens is 354 g/mol. The Morgan fingerprint density at radius 2 is 1.79 bits per heavy atom. The van der Waals surface area contributed by atoms with E-state index in [2.05, 4.69) is 5.32 Å². The Morgan fingerprint density at radius 3 is 2.54 bits per heavy atom. The fourth-order valence-electron chi connectivity index (χ4n) is 3.72. The summed E-state index contributed by atoms with van der Waals surface area (Å²) >= 11 is 0. The zero-order valence-electron chi connectivity index (χ0n) is 15.5. The molecule has 0 radical (unpaired) electrons. The van der Waals surface area contributed by atoms with Crippen molar-refractivity contribution in [3.05, 3.63) is 66.4 Å². The first kappa shape index (κ1) is 18.1. The van der Waals surface area contributed by atoms with E-state index >= 15 is 0 Å². The molecule has 1 saturated carbocycles. The number of aromatic nitrogens is 1. The molecule has 1 aliphatic carbocycles. The quantitative estimate of drug-likeness (QED) is 0.664. The van der Waals surface area contributed by atoms with Gasteiger partial charge in [-0.3, -0.25) is 9.59 Å². The van der Waals surface area contributed by atoms with Gasteiger partial charge in [0.2, 0.25) is 5.91 Å². The van der Waals surface area contributed by atoms with E-state index in [1.807, 2.05) is 54.6 Å². The van der Waals surface area contributed by atoms with Gasteiger partial charge in [-0.2, -0.15) is 0 Å². The number of benzene rings is 2. The smallest absolute Gasteiger partial charge is 0.250 e. The molecule has 0 unspecified atom stereocenters. The maximum Gasteiger partial charge on any atom is 0.250 e. The van der Waals surface area contributed by atoms with E-state index in [0.29, 0.717) is 18.1 Å². The summed E-state index contributed by atoms with van der Waals surface area (Å²) in [5, 5.41) is 3.83. The summed E-state index contributed by atoms with van der Waals surface area (Å²) in [7, 11) is 0. The zero-order valence-corrected chi connectivity index (χ0v) is 15.5. The van der Waals surface area contributed by atoms with Crippen molar-refractivity contribution in [2.75, 3.05) is 6.61 Å². The molecule has 28 heavy (non-hydrogen) atoms. The van der Waals surface area contributed by atoms with Gasteiger partial charge in [0, 0.05) is 23.1 Å². The van der Waals surface area contributed by atoms with Gasteiger partial charge in [0.25, 0.3) is 5.91 Å². The van der Waals surface area contributed by atoms with Crippen LogP contribution in [0.25, 0.3) is 10.9 Å². The summed E-state index contributed by atoms with van der Waals surface area (Å²) in [6.07, 6.45) is 3.49. The molecule has 1 aliphatic rings. The average molecular weight is 377 g/mol. The van der Waals surface area contributed by atoms with Gasteiger partial charge in [0.15, 0.2) is 0 Å². The van der Waals surface area contributed by atoms with Crippen LogP contribution in [0, 0.1) is 5.92 Å². The van der Waals surface area contributed by atoms with Crippen LogP contribution >= 0.6 is 0 Å². The molecule has 6 heteroatoms. The number of nitrogens with one attached hydrogen (secondary N) is 1. The molecular formula is C22H23N3O3. The number of hydrogen-bond acceptors (Lipinski definition) is 3. The van der Waals surface area contributed by atoms with Gasteiger partial charge >= 0.3 is 0 Å². The number of carbonyl (C=O) groups is 2. The third-order valence-electron chi connectivity index (χ3n) is 5.20. The van der Waals surface area contributed by atoms with Gasteiger partial charge in [-0.25, -0.2) is 0 Å². The number of para-hydroxylation sites is 2. The molecule has 1 aromatic heterocycles. The molecule has 0 aliphatic heterocycles. The van der Waals surface area contributed by atoms with Crippen molar-refractivity contribution in [2.24, 2.45) is 11.7 Å². The maximum atomic E-state index is 12.4. The van der Waals surface area contributed by atoms with E-state index in [-0.39, 0.29) is 18.5 Å². The first-order valence-electron chi connectivity index (χ1n) is 9.45. The molecule has 0 bridgehead atoms. The standard InChI is InChI=1S/C22H23N3O3/c23-22(27)19-12-25(20-9-5-4-8-18(19)20)13-21(26)24-16-10-15(11-16)14-28-17-6-2-1-3-7-17/h1-9,12,15-16H,10-11,13-14H2,(H2,23,27)(H,24,26). The second kappa shape index (κ2) is 7.76. The minimum atomic E-state index is -0.490. The molecule has 3 N–H and O–H groups in total. The van der Waals surface area contributed by atoms with E-state index < -0.39 is 5.91 Å². The highest BCUT2D eigenvalue weighted by molar-refractivity contribution is 6.06. The molecule has 6 nitrogen and oxygen atoms in total. The molecule has 2 amide bonds. The highest BCUT2D eigenvalue weighted by Crippen LogP contribution is 2.28. The summed E-state index contributed by atoms with van der Waals surface area (Å²) in [6, 6.07) is 17.4. The van der Waals surface area contributed by atoms with Crippen LogP contribution in [-0.2, 0) is 11.3 Å². The Morgan fingerprint density at radius 1 is 1.07 bits per heavy atom. The predicted molar refractivity (Wildman–Crippen MR) is 107 cm³/mol. The van der Waals surface area contributed by atoms with E-state index in [1.165, 1.54) is 0 Å². The number of nitrogens with two attached hydrogens (primary N) is 1. The normalized spacial score (nSPS) is 18.4. The lowest BCUT2D eigenvalue weighted by Gasteiger charge is -2.35. The van der Waals surface area contributed by atoms with Crippen molar-refractivity contribution < 1.29 is 14.3 Å². The van der Waals surface area contributed by atoms with E-state index in [4.69, 9.17) is 10.5 Å². The second-order valence-electron chi connectivity index (χ2n) is 7.28. The van der Waals surface area contributed by atoms with Crippen molar-refractivity contribution in [1.29, 1.82) is 0 Å². The van der Waals surface area contributed by atoms with Crippen molar-refractivity contribution >= 4 is 22.7 Å². The molecule has 0 spiro atoms. The number of hydrogen-bond donors (Lipinski definition) is 2. The SMILES string of the molecule is NC(=O)c1cn(CC(=O)NC2CC(COc3ccccc3)C2)c2ccccc12. The van der Waals surface area contributed by atoms with Crippen LogP contribution in [0.4, 0.5) is 0 Å². The molecule has 0 saturated heterocycles. The first-order valence-corrected chi connectivity index (χ1v) is 9.45. The summed E-state index contributed by atoms with van der Waals surface area (Å²) in [4.78, 5) is 24.1. The first-order chi connectivity index (χ1) is 13.6. The molecule has 3 aromatic rings. The lowest BCUT2D eigenvalue weighted by molar-refractivity contribution is -0.123. The zero-order chi connectivity index (χ0) is 19.5. The minimum absolute atomic E-state index is 0.0656.